The Kier molecular flexibility index (Phi) is 14.8. The number of H-pyrrole nitrogens is 1. The van der Waals surface area contributed by atoms with Gasteiger partial charge in [-0.1, -0.05) is 71.3 Å². The van der Waals surface area contributed by atoms with Gasteiger partial charge in [0.2, 0.25) is 0 Å². The van der Waals surface area contributed by atoms with Crippen LogP contribution < -0.4 is 28.2 Å². The molecule has 0 bridgehead atoms. The fourth-order valence-electron chi connectivity index (χ4n) is 5.40. The number of aromatic nitrogens is 3. The molecular formula is C38H54ClF3N8OS. The van der Waals surface area contributed by atoms with Gasteiger partial charge in [0.15, 0.2) is 5.96 Å². The first-order valence-electron chi connectivity index (χ1n) is 17.4. The Balaban J connectivity index is 0.000000295. The SMILES string of the molecule is C[C@H](N)CCCc1cc(SC(F)(F)F)c(Cl)c(C(C)(C)C)c1.C[C@H](NCCCN=C(N)N)c1ccc(-n2cc3cc(C(C)(C)C)[nH]c3nc2=O)cc1. The van der Waals surface area contributed by atoms with E-state index in [9.17, 15) is 18.0 Å². The molecule has 0 aliphatic carbocycles. The smallest absolute Gasteiger partial charge is 0.370 e. The highest BCUT2D eigenvalue weighted by molar-refractivity contribution is 8.00. The summed E-state index contributed by atoms with van der Waals surface area (Å²) in [7, 11) is 0. The number of nitrogens with zero attached hydrogens (tertiary/aromatic N) is 3. The van der Waals surface area contributed by atoms with Crippen LogP contribution in [0.5, 0.6) is 0 Å². The molecule has 2 aromatic heterocycles. The highest BCUT2D eigenvalue weighted by atomic mass is 35.5. The molecule has 0 amide bonds. The van der Waals surface area contributed by atoms with Crippen LogP contribution in [0.25, 0.3) is 16.7 Å². The maximum atomic E-state index is 12.7. The third-order valence-electron chi connectivity index (χ3n) is 8.32. The summed E-state index contributed by atoms with van der Waals surface area (Å²) in [5.74, 6) is 0.121. The molecule has 2 heterocycles. The standard InChI is InChI=1S/C22H31N7O.C16H23ClF3NS/c1-14(25-10-5-11-26-20(23)24)15-6-8-17(9-7-15)29-13-16-12-18(22(2,3)4)27-19(16)28-21(29)30;1-10(21)6-5-7-11-8-12(15(2,3)4)14(17)13(9-11)22-16(18,19)20/h6-9,12-14,25H,5,10-11H2,1-4H3,(H4,23,24,26)(H,27,28,30);8-10H,5-7,21H2,1-4H3/t14-;10-/m00/s1. The predicted octanol–water partition coefficient (Wildman–Crippen LogP) is 8.24. The Morgan fingerprint density at radius 1 is 1.02 bits per heavy atom. The van der Waals surface area contributed by atoms with E-state index in [0.717, 1.165) is 59.3 Å². The number of hydrogen-bond donors (Lipinski definition) is 5. The molecule has 0 saturated heterocycles. The van der Waals surface area contributed by atoms with Crippen LogP contribution >= 0.6 is 23.4 Å². The number of nitrogens with two attached hydrogens (primary N) is 3. The number of aromatic amines is 1. The molecule has 0 aliphatic rings. The van der Waals surface area contributed by atoms with Crippen LogP contribution in [0.1, 0.15) is 103 Å². The minimum atomic E-state index is -4.34. The van der Waals surface area contributed by atoms with Crippen molar-refractivity contribution in [1.29, 1.82) is 0 Å². The van der Waals surface area contributed by atoms with Crippen LogP contribution in [0.3, 0.4) is 0 Å². The summed E-state index contributed by atoms with van der Waals surface area (Å²) in [4.78, 5) is 24.1. The zero-order valence-corrected chi connectivity index (χ0v) is 33.0. The number of thioether (sulfide) groups is 1. The molecular weight excluding hydrogens is 709 g/mol. The molecule has 0 unspecified atom stereocenters. The number of halogens is 4. The Morgan fingerprint density at radius 3 is 2.23 bits per heavy atom. The highest BCUT2D eigenvalue weighted by Gasteiger charge is 2.32. The molecule has 286 valence electrons. The topological polar surface area (TPSA) is 153 Å². The van der Waals surface area contributed by atoms with Gasteiger partial charge in [-0.3, -0.25) is 9.56 Å². The van der Waals surface area contributed by atoms with Gasteiger partial charge in [-0.15, -0.1) is 0 Å². The number of aliphatic imine (C=N–C) groups is 1. The van der Waals surface area contributed by atoms with Crippen LogP contribution in [-0.2, 0) is 17.3 Å². The minimum Gasteiger partial charge on any atom is -0.370 e. The van der Waals surface area contributed by atoms with E-state index in [1.165, 1.54) is 0 Å². The second kappa shape index (κ2) is 18.0. The summed E-state index contributed by atoms with van der Waals surface area (Å²) in [5.41, 5.74) is 16.6. The molecule has 52 heavy (non-hydrogen) atoms. The van der Waals surface area contributed by atoms with E-state index in [4.69, 9.17) is 28.8 Å². The normalized spacial score (nSPS) is 13.4. The molecule has 0 aliphatic heterocycles. The number of fused-ring (bicyclic) bond motifs is 1. The van der Waals surface area contributed by atoms with E-state index in [0.29, 0.717) is 18.6 Å². The van der Waals surface area contributed by atoms with E-state index in [1.54, 1.807) is 10.6 Å². The van der Waals surface area contributed by atoms with Crippen molar-refractivity contribution in [3.63, 3.8) is 0 Å². The molecule has 0 radical (unpaired) electrons. The van der Waals surface area contributed by atoms with Crippen LogP contribution in [0.15, 0.2) is 63.3 Å². The monoisotopic (exact) mass is 762 g/mol. The summed E-state index contributed by atoms with van der Waals surface area (Å²) in [6.45, 7) is 17.7. The van der Waals surface area contributed by atoms with Crippen LogP contribution in [0.2, 0.25) is 5.02 Å². The Morgan fingerprint density at radius 2 is 1.67 bits per heavy atom. The van der Waals surface area contributed by atoms with Crippen molar-refractivity contribution in [3.8, 4) is 5.69 Å². The average Bonchev–Trinajstić information content (AvgIpc) is 3.44. The van der Waals surface area contributed by atoms with Crippen molar-refractivity contribution in [2.75, 3.05) is 13.1 Å². The molecule has 2 aromatic carbocycles. The zero-order valence-electron chi connectivity index (χ0n) is 31.4. The maximum absolute atomic E-state index is 12.7. The van der Waals surface area contributed by atoms with Gasteiger partial charge in [-0.2, -0.15) is 18.2 Å². The first kappa shape index (κ1) is 42.9. The molecule has 14 heteroatoms. The summed E-state index contributed by atoms with van der Waals surface area (Å²) >= 11 is 6.07. The molecule has 0 fully saturated rings. The molecule has 4 rings (SSSR count). The lowest BCUT2D eigenvalue weighted by atomic mass is 9.85. The summed E-state index contributed by atoms with van der Waals surface area (Å²) < 4.78 is 39.8. The van der Waals surface area contributed by atoms with Crippen molar-refractivity contribution in [2.45, 2.75) is 114 Å². The second-order valence-electron chi connectivity index (χ2n) is 15.2. The number of hydrogen-bond acceptors (Lipinski definition) is 6. The largest absolute Gasteiger partial charge is 0.446 e. The molecule has 8 N–H and O–H groups in total. The van der Waals surface area contributed by atoms with Gasteiger partial charge in [0.25, 0.3) is 0 Å². The quantitative estimate of drug-likeness (QED) is 0.0422. The fourth-order valence-corrected chi connectivity index (χ4v) is 6.57. The van der Waals surface area contributed by atoms with Crippen LogP contribution in [0, 0.1) is 0 Å². The van der Waals surface area contributed by atoms with Crippen molar-refractivity contribution in [2.24, 2.45) is 22.2 Å². The number of benzene rings is 2. The van der Waals surface area contributed by atoms with Gasteiger partial charge < -0.3 is 27.5 Å². The van der Waals surface area contributed by atoms with Crippen LogP contribution in [-0.4, -0.2) is 45.1 Å². The second-order valence-corrected chi connectivity index (χ2v) is 16.7. The first-order valence-corrected chi connectivity index (χ1v) is 18.6. The van der Waals surface area contributed by atoms with E-state index in [2.05, 4.69) is 54.0 Å². The third kappa shape index (κ3) is 13.2. The van der Waals surface area contributed by atoms with Gasteiger partial charge in [0.05, 0.1) is 10.7 Å². The van der Waals surface area contributed by atoms with Crippen molar-refractivity contribution >= 4 is 40.4 Å². The molecule has 0 saturated carbocycles. The summed E-state index contributed by atoms with van der Waals surface area (Å²) in [5, 5.41) is 4.56. The van der Waals surface area contributed by atoms with Crippen molar-refractivity contribution in [1.82, 2.24) is 19.9 Å². The molecule has 4 aromatic rings. The first-order chi connectivity index (χ1) is 24.0. The van der Waals surface area contributed by atoms with E-state index in [1.807, 2.05) is 64.2 Å². The Bertz CT molecular complexity index is 1850. The Hall–Kier alpha value is -3.52. The van der Waals surface area contributed by atoms with Gasteiger partial charge >= 0.3 is 11.2 Å². The third-order valence-corrected chi connectivity index (χ3v) is 9.62. The Labute approximate surface area is 314 Å². The zero-order chi connectivity index (χ0) is 39.0. The molecule has 0 spiro atoms. The van der Waals surface area contributed by atoms with Gasteiger partial charge in [0.1, 0.15) is 5.65 Å². The average molecular weight is 763 g/mol. The van der Waals surface area contributed by atoms with Crippen LogP contribution in [0.4, 0.5) is 13.2 Å². The van der Waals surface area contributed by atoms with Gasteiger partial charge in [-0.25, -0.2) is 4.79 Å². The minimum absolute atomic E-state index is 0.0390. The lowest BCUT2D eigenvalue weighted by Crippen LogP contribution is -2.24. The maximum Gasteiger partial charge on any atom is 0.446 e. The van der Waals surface area contributed by atoms with E-state index >= 15 is 0 Å². The highest BCUT2D eigenvalue weighted by Crippen LogP contribution is 2.44. The lowest BCUT2D eigenvalue weighted by Gasteiger charge is -2.24. The van der Waals surface area contributed by atoms with E-state index < -0.39 is 5.51 Å². The molecule has 2 atom stereocenters. The molecule has 9 nitrogen and oxygen atoms in total. The van der Waals surface area contributed by atoms with Gasteiger partial charge in [-0.05, 0) is 104 Å². The summed E-state index contributed by atoms with van der Waals surface area (Å²) in [6, 6.07) is 13.7. The lowest BCUT2D eigenvalue weighted by molar-refractivity contribution is -0.0328. The number of nitrogens with one attached hydrogen (secondary N) is 2. The van der Waals surface area contributed by atoms with Crippen molar-refractivity contribution in [3.05, 3.63) is 86.6 Å². The van der Waals surface area contributed by atoms with Crippen molar-refractivity contribution < 1.29 is 13.2 Å². The summed E-state index contributed by atoms with van der Waals surface area (Å²) in [6.07, 6.45) is 5.09. The number of rotatable bonds is 12. The number of guanidine groups is 1. The van der Waals surface area contributed by atoms with E-state index in [-0.39, 0.29) is 56.2 Å². The number of alkyl halides is 3. The number of aryl methyl sites for hydroxylation is 1. The fraction of sp³-hybridized carbons (Fsp3) is 0.500. The predicted molar refractivity (Wildman–Crippen MR) is 211 cm³/mol. The van der Waals surface area contributed by atoms with Gasteiger partial charge in [0, 0.05) is 46.2 Å².